The van der Waals surface area contributed by atoms with Gasteiger partial charge in [0.1, 0.15) is 11.6 Å². The second-order valence-electron chi connectivity index (χ2n) is 5.90. The first-order chi connectivity index (χ1) is 12.4. The van der Waals surface area contributed by atoms with Crippen molar-refractivity contribution in [2.24, 2.45) is 0 Å². The maximum Gasteiger partial charge on any atom is 0.255 e. The van der Waals surface area contributed by atoms with Crippen molar-refractivity contribution in [3.05, 3.63) is 82.1 Å². The Bertz CT molecular complexity index is 971. The summed E-state index contributed by atoms with van der Waals surface area (Å²) in [5.41, 5.74) is 1.92. The Kier molecular flexibility index (Phi) is 5.04. The molecule has 0 aliphatic heterocycles. The summed E-state index contributed by atoms with van der Waals surface area (Å²) in [5.74, 6) is -1.76. The fourth-order valence-corrected chi connectivity index (χ4v) is 2.89. The van der Waals surface area contributed by atoms with Crippen molar-refractivity contribution in [1.82, 2.24) is 15.1 Å². The Morgan fingerprint density at radius 1 is 1.23 bits per heavy atom. The fraction of sp³-hybridized carbons (Fsp3) is 0.158. The Balaban J connectivity index is 1.82. The molecule has 0 spiro atoms. The van der Waals surface area contributed by atoms with Crippen LogP contribution in [0.2, 0.25) is 5.02 Å². The van der Waals surface area contributed by atoms with Gasteiger partial charge >= 0.3 is 0 Å². The predicted molar refractivity (Wildman–Crippen MR) is 95.6 cm³/mol. The van der Waals surface area contributed by atoms with Crippen molar-refractivity contribution < 1.29 is 13.6 Å². The molecule has 0 bridgehead atoms. The molecule has 134 valence electrons. The van der Waals surface area contributed by atoms with Gasteiger partial charge in [-0.2, -0.15) is 5.10 Å². The molecule has 26 heavy (non-hydrogen) atoms. The largest absolute Gasteiger partial charge is 0.345 e. The van der Waals surface area contributed by atoms with Crippen LogP contribution in [0.1, 0.15) is 34.6 Å². The van der Waals surface area contributed by atoms with Crippen LogP contribution >= 0.6 is 11.6 Å². The number of hydrogen-bond acceptors (Lipinski definition) is 2. The van der Waals surface area contributed by atoms with Crippen LogP contribution in [0.15, 0.2) is 48.7 Å². The Morgan fingerprint density at radius 2 is 2.00 bits per heavy atom. The molecule has 0 radical (unpaired) electrons. The summed E-state index contributed by atoms with van der Waals surface area (Å²) < 4.78 is 28.5. The lowest BCUT2D eigenvalue weighted by Gasteiger charge is -2.15. The second-order valence-corrected chi connectivity index (χ2v) is 6.33. The van der Waals surface area contributed by atoms with Crippen LogP contribution in [0, 0.1) is 18.6 Å². The summed E-state index contributed by atoms with van der Waals surface area (Å²) in [6.07, 6.45) is 1.44. The van der Waals surface area contributed by atoms with Gasteiger partial charge in [0.05, 0.1) is 29.2 Å². The summed E-state index contributed by atoms with van der Waals surface area (Å²) in [6, 6.07) is 9.73. The maximum atomic E-state index is 13.9. The second kappa shape index (κ2) is 7.25. The molecule has 0 saturated carbocycles. The zero-order valence-electron chi connectivity index (χ0n) is 14.1. The summed E-state index contributed by atoms with van der Waals surface area (Å²) in [4.78, 5) is 12.6. The van der Waals surface area contributed by atoms with Gasteiger partial charge in [0.2, 0.25) is 0 Å². The van der Waals surface area contributed by atoms with E-state index in [0.717, 1.165) is 17.8 Å². The highest BCUT2D eigenvalue weighted by molar-refractivity contribution is 6.30. The molecular weight excluding hydrogens is 360 g/mol. The molecule has 1 N–H and O–H groups in total. The normalized spacial score (nSPS) is 12.0. The number of rotatable bonds is 4. The van der Waals surface area contributed by atoms with Crippen molar-refractivity contribution in [3.8, 4) is 5.69 Å². The Morgan fingerprint density at radius 3 is 2.69 bits per heavy atom. The minimum absolute atomic E-state index is 0.208. The van der Waals surface area contributed by atoms with Gasteiger partial charge in [0, 0.05) is 16.7 Å². The lowest BCUT2D eigenvalue weighted by atomic mass is 10.1. The van der Waals surface area contributed by atoms with Crippen LogP contribution in [-0.4, -0.2) is 15.7 Å². The smallest absolute Gasteiger partial charge is 0.255 e. The number of nitrogens with one attached hydrogen (secondary N) is 1. The first-order valence-electron chi connectivity index (χ1n) is 7.93. The molecule has 3 aromatic rings. The quantitative estimate of drug-likeness (QED) is 0.724. The van der Waals surface area contributed by atoms with E-state index in [4.69, 9.17) is 11.6 Å². The summed E-state index contributed by atoms with van der Waals surface area (Å²) in [6.45, 7) is 3.39. The average molecular weight is 376 g/mol. The summed E-state index contributed by atoms with van der Waals surface area (Å²) in [7, 11) is 0. The van der Waals surface area contributed by atoms with Crippen molar-refractivity contribution in [1.29, 1.82) is 0 Å². The summed E-state index contributed by atoms with van der Waals surface area (Å²) in [5, 5.41) is 7.50. The molecule has 0 aliphatic rings. The Labute approximate surface area is 154 Å². The van der Waals surface area contributed by atoms with Gasteiger partial charge in [-0.05, 0) is 38.1 Å². The third kappa shape index (κ3) is 3.60. The fourth-order valence-electron chi connectivity index (χ4n) is 2.71. The number of halogens is 3. The maximum absolute atomic E-state index is 13.9. The van der Waals surface area contributed by atoms with Gasteiger partial charge in [-0.3, -0.25) is 4.79 Å². The molecule has 4 nitrogen and oxygen atoms in total. The lowest BCUT2D eigenvalue weighted by Crippen LogP contribution is -2.27. The number of hydrogen-bond donors (Lipinski definition) is 1. The van der Waals surface area contributed by atoms with E-state index in [2.05, 4.69) is 10.4 Å². The first kappa shape index (κ1) is 18.1. The number of benzene rings is 2. The third-order valence-corrected chi connectivity index (χ3v) is 4.32. The molecule has 1 unspecified atom stereocenters. The highest BCUT2D eigenvalue weighted by atomic mass is 35.5. The minimum Gasteiger partial charge on any atom is -0.345 e. The predicted octanol–water partition coefficient (Wildman–Crippen LogP) is 4.60. The number of nitrogens with zero attached hydrogens (tertiary/aromatic N) is 2. The number of carbonyl (C=O) groups excluding carboxylic acids is 1. The molecule has 1 heterocycles. The average Bonchev–Trinajstić information content (AvgIpc) is 2.96. The monoisotopic (exact) mass is 375 g/mol. The molecule has 1 aromatic heterocycles. The zero-order chi connectivity index (χ0) is 18.8. The van der Waals surface area contributed by atoms with Gasteiger partial charge in [-0.15, -0.1) is 0 Å². The van der Waals surface area contributed by atoms with E-state index in [0.29, 0.717) is 16.3 Å². The SMILES string of the molecule is Cc1c(C(=O)NC(C)c2ccc(F)cc2F)cnn1-c1cccc(Cl)c1. The van der Waals surface area contributed by atoms with Gasteiger partial charge in [0.25, 0.3) is 5.91 Å². The standard InChI is InChI=1S/C19H16ClF2N3O/c1-11(16-7-6-14(21)9-18(16)22)24-19(26)17-10-23-25(12(17)2)15-5-3-4-13(20)8-15/h3-11H,1-2H3,(H,24,26). The molecule has 1 amide bonds. The van der Waals surface area contributed by atoms with E-state index in [1.807, 2.05) is 6.07 Å². The van der Waals surface area contributed by atoms with Crippen LogP contribution in [0.5, 0.6) is 0 Å². The Hall–Kier alpha value is -2.73. The zero-order valence-corrected chi connectivity index (χ0v) is 14.9. The van der Waals surface area contributed by atoms with E-state index in [1.54, 1.807) is 36.7 Å². The molecule has 0 aliphatic carbocycles. The van der Waals surface area contributed by atoms with E-state index in [9.17, 15) is 13.6 Å². The highest BCUT2D eigenvalue weighted by Crippen LogP contribution is 2.21. The summed E-state index contributed by atoms with van der Waals surface area (Å²) >= 11 is 6.00. The minimum atomic E-state index is -0.704. The van der Waals surface area contributed by atoms with Gasteiger partial charge < -0.3 is 5.32 Å². The van der Waals surface area contributed by atoms with Crippen LogP contribution < -0.4 is 5.32 Å². The van der Waals surface area contributed by atoms with E-state index >= 15 is 0 Å². The topological polar surface area (TPSA) is 46.9 Å². The number of carbonyl (C=O) groups is 1. The van der Waals surface area contributed by atoms with Crippen molar-refractivity contribution >= 4 is 17.5 Å². The molecule has 0 saturated heterocycles. The number of amides is 1. The van der Waals surface area contributed by atoms with Crippen LogP contribution in [-0.2, 0) is 0 Å². The molecular formula is C19H16ClF2N3O. The molecule has 0 fully saturated rings. The van der Waals surface area contributed by atoms with Crippen molar-refractivity contribution in [2.45, 2.75) is 19.9 Å². The van der Waals surface area contributed by atoms with Gasteiger partial charge in [0.15, 0.2) is 0 Å². The van der Waals surface area contributed by atoms with E-state index in [1.165, 1.54) is 12.3 Å². The number of aromatic nitrogens is 2. The van der Waals surface area contributed by atoms with Gasteiger partial charge in [-0.1, -0.05) is 23.7 Å². The van der Waals surface area contributed by atoms with Gasteiger partial charge in [-0.25, -0.2) is 13.5 Å². The van der Waals surface area contributed by atoms with E-state index < -0.39 is 23.6 Å². The van der Waals surface area contributed by atoms with Crippen molar-refractivity contribution in [2.75, 3.05) is 0 Å². The van der Waals surface area contributed by atoms with E-state index in [-0.39, 0.29) is 5.56 Å². The highest BCUT2D eigenvalue weighted by Gasteiger charge is 2.19. The molecule has 2 aromatic carbocycles. The lowest BCUT2D eigenvalue weighted by molar-refractivity contribution is 0.0938. The van der Waals surface area contributed by atoms with Crippen LogP contribution in [0.25, 0.3) is 5.69 Å². The van der Waals surface area contributed by atoms with Crippen LogP contribution in [0.3, 0.4) is 0 Å². The van der Waals surface area contributed by atoms with Crippen molar-refractivity contribution in [3.63, 3.8) is 0 Å². The molecule has 1 atom stereocenters. The molecule has 3 rings (SSSR count). The van der Waals surface area contributed by atoms with Crippen LogP contribution in [0.4, 0.5) is 8.78 Å². The molecule has 7 heteroatoms. The third-order valence-electron chi connectivity index (χ3n) is 4.08. The first-order valence-corrected chi connectivity index (χ1v) is 8.31.